The summed E-state index contributed by atoms with van der Waals surface area (Å²) >= 11 is 1.76. The number of benzene rings is 2. The highest BCUT2D eigenvalue weighted by Crippen LogP contribution is 2.37. The summed E-state index contributed by atoms with van der Waals surface area (Å²) in [6.07, 6.45) is 0.916. The number of nitrogens with zero attached hydrogens (tertiary/aromatic N) is 2. The van der Waals surface area contributed by atoms with Crippen LogP contribution in [0.5, 0.6) is 0 Å². The highest BCUT2D eigenvalue weighted by Gasteiger charge is 2.30. The number of nitro groups is 1. The van der Waals surface area contributed by atoms with Crippen LogP contribution in [0.15, 0.2) is 60.0 Å². The second kappa shape index (κ2) is 8.14. The molecule has 1 atom stereocenters. The predicted octanol–water partition coefficient (Wildman–Crippen LogP) is 4.55. The lowest BCUT2D eigenvalue weighted by Gasteiger charge is -2.35. The molecule has 29 heavy (non-hydrogen) atoms. The second-order valence-corrected chi connectivity index (χ2v) is 8.14. The Balaban J connectivity index is 1.56. The summed E-state index contributed by atoms with van der Waals surface area (Å²) in [6, 6.07) is 16.9. The van der Waals surface area contributed by atoms with Crippen LogP contribution in [-0.4, -0.2) is 28.8 Å². The molecule has 0 radical (unpaired) electrons. The average Bonchev–Trinajstić information content (AvgIpc) is 3.18. The molecule has 0 fully saturated rings. The normalized spacial score (nSPS) is 16.2. The van der Waals surface area contributed by atoms with E-state index in [1.165, 1.54) is 22.6 Å². The van der Waals surface area contributed by atoms with Crippen LogP contribution in [0.3, 0.4) is 0 Å². The van der Waals surface area contributed by atoms with Crippen LogP contribution in [0.2, 0.25) is 0 Å². The molecule has 1 amide bonds. The van der Waals surface area contributed by atoms with Crippen LogP contribution >= 0.6 is 11.3 Å². The van der Waals surface area contributed by atoms with Gasteiger partial charge in [0.15, 0.2) is 0 Å². The van der Waals surface area contributed by atoms with E-state index in [9.17, 15) is 14.9 Å². The largest absolute Gasteiger partial charge is 0.324 e. The quantitative estimate of drug-likeness (QED) is 0.497. The van der Waals surface area contributed by atoms with Gasteiger partial charge in [0.05, 0.1) is 23.2 Å². The van der Waals surface area contributed by atoms with Gasteiger partial charge in [0.2, 0.25) is 5.91 Å². The van der Waals surface area contributed by atoms with Crippen LogP contribution in [0, 0.1) is 17.0 Å². The number of rotatable bonds is 5. The Morgan fingerprint density at radius 3 is 2.79 bits per heavy atom. The Labute approximate surface area is 172 Å². The van der Waals surface area contributed by atoms with Gasteiger partial charge in [0.1, 0.15) is 0 Å². The minimum atomic E-state index is -0.455. The lowest BCUT2D eigenvalue weighted by Crippen LogP contribution is -2.40. The third-order valence-corrected chi connectivity index (χ3v) is 6.23. The van der Waals surface area contributed by atoms with Crippen LogP contribution < -0.4 is 5.32 Å². The molecule has 1 N–H and O–H groups in total. The maximum atomic E-state index is 12.8. The van der Waals surface area contributed by atoms with Gasteiger partial charge in [-0.05, 0) is 41.5 Å². The second-order valence-electron chi connectivity index (χ2n) is 7.14. The third-order valence-electron chi connectivity index (χ3n) is 5.23. The summed E-state index contributed by atoms with van der Waals surface area (Å²) in [4.78, 5) is 26.9. The Kier molecular flexibility index (Phi) is 5.42. The van der Waals surface area contributed by atoms with Crippen molar-refractivity contribution in [1.82, 2.24) is 4.90 Å². The van der Waals surface area contributed by atoms with E-state index in [1.807, 2.05) is 25.1 Å². The molecule has 148 valence electrons. The number of aryl methyl sites for hydroxylation is 1. The minimum absolute atomic E-state index is 0.0307. The number of carbonyl (C=O) groups is 1. The van der Waals surface area contributed by atoms with Gasteiger partial charge in [-0.25, -0.2) is 0 Å². The molecule has 1 aliphatic heterocycles. The number of thiophene rings is 1. The maximum absolute atomic E-state index is 12.8. The van der Waals surface area contributed by atoms with Crippen molar-refractivity contribution >= 4 is 28.6 Å². The number of fused-ring (bicyclic) bond motifs is 1. The van der Waals surface area contributed by atoms with Crippen molar-refractivity contribution in [3.8, 4) is 0 Å². The van der Waals surface area contributed by atoms with Crippen molar-refractivity contribution in [1.29, 1.82) is 0 Å². The maximum Gasteiger partial charge on any atom is 0.271 e. The zero-order chi connectivity index (χ0) is 20.4. The van der Waals surface area contributed by atoms with Gasteiger partial charge in [-0.3, -0.25) is 19.8 Å². The molecule has 6 nitrogen and oxygen atoms in total. The molecular weight excluding hydrogens is 386 g/mol. The van der Waals surface area contributed by atoms with E-state index >= 15 is 0 Å². The highest BCUT2D eigenvalue weighted by atomic mass is 32.1. The number of anilines is 1. The first-order valence-electron chi connectivity index (χ1n) is 9.43. The van der Waals surface area contributed by atoms with Crippen molar-refractivity contribution in [3.05, 3.63) is 91.7 Å². The van der Waals surface area contributed by atoms with Crippen LogP contribution in [0.4, 0.5) is 11.4 Å². The van der Waals surface area contributed by atoms with Gasteiger partial charge in [-0.1, -0.05) is 36.4 Å². The van der Waals surface area contributed by atoms with Crippen molar-refractivity contribution in [2.75, 3.05) is 18.4 Å². The Morgan fingerprint density at radius 1 is 1.24 bits per heavy atom. The fraction of sp³-hybridized carbons (Fsp3) is 0.227. The number of nitrogens with one attached hydrogen (secondary N) is 1. The van der Waals surface area contributed by atoms with Gasteiger partial charge in [-0.15, -0.1) is 11.3 Å². The molecule has 0 bridgehead atoms. The molecule has 0 saturated heterocycles. The zero-order valence-electron chi connectivity index (χ0n) is 16.0. The van der Waals surface area contributed by atoms with E-state index < -0.39 is 4.92 Å². The fourth-order valence-corrected chi connectivity index (χ4v) is 4.70. The smallest absolute Gasteiger partial charge is 0.271 e. The standard InChI is InChI=1S/C22H21N3O3S/c1-15-7-8-17(25(27)28)13-19(15)23-21(26)14-24-11-9-20-18(10-12-29-20)22(24)16-5-3-2-4-6-16/h2-8,10,12-13,22H,9,11,14H2,1H3,(H,23,26). The van der Waals surface area contributed by atoms with Gasteiger partial charge in [0, 0.05) is 23.6 Å². The number of nitro benzene ring substituents is 1. The van der Waals surface area contributed by atoms with Gasteiger partial charge >= 0.3 is 0 Å². The molecule has 2 aromatic carbocycles. The number of amides is 1. The summed E-state index contributed by atoms with van der Waals surface area (Å²) in [5.41, 5.74) is 3.66. The highest BCUT2D eigenvalue weighted by molar-refractivity contribution is 7.10. The average molecular weight is 407 g/mol. The van der Waals surface area contributed by atoms with E-state index in [0.29, 0.717) is 5.69 Å². The number of non-ortho nitro benzene ring substituents is 1. The molecule has 4 rings (SSSR count). The van der Waals surface area contributed by atoms with E-state index in [1.54, 1.807) is 17.4 Å². The summed E-state index contributed by atoms with van der Waals surface area (Å²) in [5, 5.41) is 16.0. The first kappa shape index (κ1) is 19.3. The molecule has 2 heterocycles. The molecule has 0 spiro atoms. The van der Waals surface area contributed by atoms with Gasteiger partial charge in [-0.2, -0.15) is 0 Å². The van der Waals surface area contributed by atoms with Crippen molar-refractivity contribution in [3.63, 3.8) is 0 Å². The number of hydrogen-bond acceptors (Lipinski definition) is 5. The fourth-order valence-electron chi connectivity index (χ4n) is 3.80. The molecular formula is C22H21N3O3S. The molecule has 3 aromatic rings. The molecule has 0 saturated carbocycles. The van der Waals surface area contributed by atoms with E-state index in [0.717, 1.165) is 24.1 Å². The van der Waals surface area contributed by atoms with Gasteiger partial charge in [0.25, 0.3) is 5.69 Å². The summed E-state index contributed by atoms with van der Waals surface area (Å²) in [7, 11) is 0. The Hall–Kier alpha value is -3.03. The van der Waals surface area contributed by atoms with Gasteiger partial charge < -0.3 is 5.32 Å². The lowest BCUT2D eigenvalue weighted by atomic mass is 9.93. The topological polar surface area (TPSA) is 75.5 Å². The van der Waals surface area contributed by atoms with Crippen LogP contribution in [-0.2, 0) is 11.2 Å². The zero-order valence-corrected chi connectivity index (χ0v) is 16.8. The summed E-state index contributed by atoms with van der Waals surface area (Å²) in [6.45, 7) is 2.83. The SMILES string of the molecule is Cc1ccc([N+](=O)[O-])cc1NC(=O)CN1CCc2sccc2C1c1ccccc1. The summed E-state index contributed by atoms with van der Waals surface area (Å²) < 4.78 is 0. The Morgan fingerprint density at radius 2 is 2.03 bits per heavy atom. The predicted molar refractivity (Wildman–Crippen MR) is 114 cm³/mol. The Bertz CT molecular complexity index is 1050. The summed E-state index contributed by atoms with van der Waals surface area (Å²) in [5.74, 6) is -0.173. The van der Waals surface area contributed by atoms with Crippen LogP contribution in [0.25, 0.3) is 0 Å². The minimum Gasteiger partial charge on any atom is -0.324 e. The lowest BCUT2D eigenvalue weighted by molar-refractivity contribution is -0.384. The van der Waals surface area contributed by atoms with Crippen molar-refractivity contribution in [2.24, 2.45) is 0 Å². The van der Waals surface area contributed by atoms with E-state index in [2.05, 4.69) is 33.8 Å². The monoisotopic (exact) mass is 407 g/mol. The molecule has 1 aliphatic rings. The molecule has 1 aromatic heterocycles. The van der Waals surface area contributed by atoms with E-state index in [-0.39, 0.29) is 24.2 Å². The van der Waals surface area contributed by atoms with E-state index in [4.69, 9.17) is 0 Å². The number of hydrogen-bond donors (Lipinski definition) is 1. The van der Waals surface area contributed by atoms with Crippen molar-refractivity contribution in [2.45, 2.75) is 19.4 Å². The van der Waals surface area contributed by atoms with Crippen molar-refractivity contribution < 1.29 is 9.72 Å². The molecule has 7 heteroatoms. The first-order chi connectivity index (χ1) is 14.0. The van der Waals surface area contributed by atoms with Crippen LogP contribution in [0.1, 0.15) is 27.6 Å². The molecule has 1 unspecified atom stereocenters. The molecule has 0 aliphatic carbocycles. The first-order valence-corrected chi connectivity index (χ1v) is 10.3. The third kappa shape index (κ3) is 4.06. The number of carbonyl (C=O) groups excluding carboxylic acids is 1.